The number of nitro groups is 1. The molecule has 0 aliphatic heterocycles. The van der Waals surface area contributed by atoms with E-state index in [1.54, 1.807) is 13.1 Å². The monoisotopic (exact) mass is 371 g/mol. The van der Waals surface area contributed by atoms with Crippen molar-refractivity contribution in [2.75, 3.05) is 30.8 Å². The highest BCUT2D eigenvalue weighted by Crippen LogP contribution is 2.17. The van der Waals surface area contributed by atoms with Gasteiger partial charge in [-0.05, 0) is 24.1 Å². The number of benzene rings is 2. The number of non-ortho nitro benzene ring substituents is 1. The normalized spacial score (nSPS) is 11.5. The Kier molecular flexibility index (Phi) is 7.01. The molecule has 0 saturated carbocycles. The van der Waals surface area contributed by atoms with Crippen molar-refractivity contribution in [2.24, 2.45) is 0 Å². The molecule has 142 valence electrons. The van der Waals surface area contributed by atoms with Gasteiger partial charge in [0.2, 0.25) is 0 Å². The van der Waals surface area contributed by atoms with E-state index in [0.29, 0.717) is 10.6 Å². The number of aryl methyl sites for hydroxylation is 1. The summed E-state index contributed by atoms with van der Waals surface area (Å²) in [6.07, 6.45) is 0.810. The molecule has 0 fully saturated rings. The molecule has 2 rings (SSSR count). The first-order chi connectivity index (χ1) is 12.9. The molecule has 1 atom stereocenters. The molecule has 0 aromatic heterocycles. The molecule has 27 heavy (non-hydrogen) atoms. The minimum atomic E-state index is -0.522. The van der Waals surface area contributed by atoms with Crippen LogP contribution in [0.4, 0.5) is 17.1 Å². The Morgan fingerprint density at radius 2 is 1.70 bits per heavy atom. The van der Waals surface area contributed by atoms with Crippen molar-refractivity contribution in [3.63, 3.8) is 0 Å². The minimum absolute atomic E-state index is 0.0610. The number of hydrogen-bond donors (Lipinski definition) is 3. The third kappa shape index (κ3) is 6.19. The first-order valence-corrected chi connectivity index (χ1v) is 8.62. The van der Waals surface area contributed by atoms with Crippen molar-refractivity contribution in [3.8, 4) is 0 Å². The molecular formula is C19H23N4O4+. The summed E-state index contributed by atoms with van der Waals surface area (Å²) in [4.78, 5) is 35.3. The SMILES string of the molecule is CCc1ccccc1NC(=O)C[NH+](C)CC(=O)Nc1cccc([N+](=O)[O-])c1. The lowest BCUT2D eigenvalue weighted by molar-refractivity contribution is -0.862. The Balaban J connectivity index is 1.86. The van der Waals surface area contributed by atoms with Crippen LogP contribution < -0.4 is 15.5 Å². The molecule has 2 amide bonds. The van der Waals surface area contributed by atoms with Crippen LogP contribution in [0.2, 0.25) is 0 Å². The highest BCUT2D eigenvalue weighted by Gasteiger charge is 2.16. The zero-order valence-electron chi connectivity index (χ0n) is 15.3. The summed E-state index contributed by atoms with van der Waals surface area (Å²) in [6.45, 7) is 2.20. The van der Waals surface area contributed by atoms with Crippen LogP contribution in [0, 0.1) is 10.1 Å². The van der Waals surface area contributed by atoms with Gasteiger partial charge in [0.1, 0.15) is 0 Å². The van der Waals surface area contributed by atoms with Crippen LogP contribution in [0.3, 0.4) is 0 Å². The number of anilines is 2. The maximum atomic E-state index is 12.2. The number of nitrogens with zero attached hydrogens (tertiary/aromatic N) is 1. The minimum Gasteiger partial charge on any atom is -0.322 e. The fraction of sp³-hybridized carbons (Fsp3) is 0.263. The Bertz CT molecular complexity index is 838. The number of quaternary nitrogens is 1. The van der Waals surface area contributed by atoms with Crippen LogP contribution in [0.1, 0.15) is 12.5 Å². The largest absolute Gasteiger partial charge is 0.322 e. The second-order valence-corrected chi connectivity index (χ2v) is 6.23. The van der Waals surface area contributed by atoms with Crippen LogP contribution in [0.25, 0.3) is 0 Å². The standard InChI is InChI=1S/C19H22N4O4/c1-3-14-7-4-5-10-17(14)21-19(25)13-22(2)12-18(24)20-15-8-6-9-16(11-15)23(26)27/h4-11H,3,12-13H2,1-2H3,(H,20,24)(H,21,25)/p+1. The highest BCUT2D eigenvalue weighted by atomic mass is 16.6. The number of likely N-dealkylation sites (N-methyl/N-ethyl adjacent to an activating group) is 1. The smallest absolute Gasteiger partial charge is 0.279 e. The van der Waals surface area contributed by atoms with Crippen LogP contribution >= 0.6 is 0 Å². The zero-order valence-corrected chi connectivity index (χ0v) is 15.3. The molecule has 0 radical (unpaired) electrons. The van der Waals surface area contributed by atoms with Gasteiger partial charge in [-0.15, -0.1) is 0 Å². The summed E-state index contributed by atoms with van der Waals surface area (Å²) < 4.78 is 0. The van der Waals surface area contributed by atoms with E-state index in [0.717, 1.165) is 17.7 Å². The van der Waals surface area contributed by atoms with E-state index in [4.69, 9.17) is 0 Å². The maximum Gasteiger partial charge on any atom is 0.279 e. The maximum absolute atomic E-state index is 12.2. The van der Waals surface area contributed by atoms with Gasteiger partial charge in [-0.3, -0.25) is 19.7 Å². The average Bonchev–Trinajstić information content (AvgIpc) is 2.61. The fourth-order valence-corrected chi connectivity index (χ4v) is 2.66. The van der Waals surface area contributed by atoms with E-state index in [-0.39, 0.29) is 30.6 Å². The van der Waals surface area contributed by atoms with Crippen LogP contribution in [-0.2, 0) is 16.0 Å². The number of amides is 2. The van der Waals surface area contributed by atoms with Crippen LogP contribution in [-0.4, -0.2) is 36.9 Å². The van der Waals surface area contributed by atoms with Gasteiger partial charge >= 0.3 is 0 Å². The van der Waals surface area contributed by atoms with Gasteiger partial charge in [-0.25, -0.2) is 0 Å². The molecule has 8 nitrogen and oxygen atoms in total. The van der Waals surface area contributed by atoms with Crippen LogP contribution in [0.15, 0.2) is 48.5 Å². The number of nitrogens with one attached hydrogen (secondary N) is 3. The predicted octanol–water partition coefficient (Wildman–Crippen LogP) is 1.25. The Hall–Kier alpha value is -3.26. The van der Waals surface area contributed by atoms with E-state index in [1.165, 1.54) is 18.2 Å². The van der Waals surface area contributed by atoms with Crippen molar-refractivity contribution in [1.82, 2.24) is 0 Å². The fourth-order valence-electron chi connectivity index (χ4n) is 2.66. The van der Waals surface area contributed by atoms with Crippen LogP contribution in [0.5, 0.6) is 0 Å². The van der Waals surface area contributed by atoms with Gasteiger partial charge in [-0.1, -0.05) is 31.2 Å². The first kappa shape index (κ1) is 20.1. The second-order valence-electron chi connectivity index (χ2n) is 6.23. The molecule has 0 saturated heterocycles. The van der Waals surface area contributed by atoms with Crippen molar-refractivity contribution in [3.05, 3.63) is 64.2 Å². The van der Waals surface area contributed by atoms with E-state index in [2.05, 4.69) is 10.6 Å². The summed E-state index contributed by atoms with van der Waals surface area (Å²) in [5.74, 6) is -0.508. The summed E-state index contributed by atoms with van der Waals surface area (Å²) >= 11 is 0. The molecule has 0 bridgehead atoms. The summed E-state index contributed by atoms with van der Waals surface area (Å²) in [7, 11) is 1.73. The average molecular weight is 371 g/mol. The third-order valence-corrected chi connectivity index (χ3v) is 3.94. The molecule has 3 N–H and O–H groups in total. The van der Waals surface area contributed by atoms with E-state index in [9.17, 15) is 19.7 Å². The van der Waals surface area contributed by atoms with E-state index >= 15 is 0 Å². The van der Waals surface area contributed by atoms with Gasteiger partial charge < -0.3 is 15.5 Å². The van der Waals surface area contributed by atoms with Crippen molar-refractivity contribution in [1.29, 1.82) is 0 Å². The molecule has 0 heterocycles. The lowest BCUT2D eigenvalue weighted by atomic mass is 10.1. The first-order valence-electron chi connectivity index (χ1n) is 8.62. The van der Waals surface area contributed by atoms with E-state index < -0.39 is 4.92 Å². The summed E-state index contributed by atoms with van der Waals surface area (Å²) in [6, 6.07) is 13.3. The van der Waals surface area contributed by atoms with Gasteiger partial charge in [0.25, 0.3) is 17.5 Å². The summed E-state index contributed by atoms with van der Waals surface area (Å²) in [5.41, 5.74) is 2.08. The number of para-hydroxylation sites is 1. The van der Waals surface area contributed by atoms with Gasteiger partial charge in [0, 0.05) is 23.5 Å². The lowest BCUT2D eigenvalue weighted by Crippen LogP contribution is -3.11. The Morgan fingerprint density at radius 3 is 2.37 bits per heavy atom. The van der Waals surface area contributed by atoms with E-state index in [1.807, 2.05) is 31.2 Å². The molecule has 8 heteroatoms. The molecule has 0 aliphatic rings. The predicted molar refractivity (Wildman–Crippen MR) is 103 cm³/mol. The molecule has 2 aromatic rings. The molecular weight excluding hydrogens is 348 g/mol. The molecule has 0 aliphatic carbocycles. The third-order valence-electron chi connectivity index (χ3n) is 3.94. The zero-order chi connectivity index (χ0) is 19.8. The van der Waals surface area contributed by atoms with Crippen molar-refractivity contribution in [2.45, 2.75) is 13.3 Å². The van der Waals surface area contributed by atoms with Gasteiger partial charge in [0.15, 0.2) is 13.1 Å². The number of nitro benzene ring substituents is 1. The quantitative estimate of drug-likeness (QED) is 0.480. The number of hydrogen-bond acceptors (Lipinski definition) is 4. The molecule has 0 spiro atoms. The number of carbonyl (C=O) groups is 2. The number of carbonyl (C=O) groups excluding carboxylic acids is 2. The Labute approximate surface area is 157 Å². The van der Waals surface area contributed by atoms with Gasteiger partial charge in [-0.2, -0.15) is 0 Å². The van der Waals surface area contributed by atoms with Crippen molar-refractivity contribution >= 4 is 28.9 Å². The Morgan fingerprint density at radius 1 is 1.04 bits per heavy atom. The highest BCUT2D eigenvalue weighted by molar-refractivity contribution is 5.93. The van der Waals surface area contributed by atoms with Crippen molar-refractivity contribution < 1.29 is 19.4 Å². The summed E-state index contributed by atoms with van der Waals surface area (Å²) in [5, 5.41) is 16.3. The molecule has 2 aromatic carbocycles. The lowest BCUT2D eigenvalue weighted by Gasteiger charge is -2.15. The molecule has 1 unspecified atom stereocenters. The topological polar surface area (TPSA) is 106 Å². The second kappa shape index (κ2) is 9.44. The number of rotatable bonds is 8. The van der Waals surface area contributed by atoms with Gasteiger partial charge in [0.05, 0.1) is 12.0 Å².